The minimum atomic E-state index is -2.95. The summed E-state index contributed by atoms with van der Waals surface area (Å²) in [5, 5.41) is 7.11. The van der Waals surface area contributed by atoms with Gasteiger partial charge in [-0.15, -0.1) is 0 Å². The van der Waals surface area contributed by atoms with Crippen molar-refractivity contribution in [2.24, 2.45) is 0 Å². The lowest BCUT2D eigenvalue weighted by atomic mass is 10.2. The highest BCUT2D eigenvalue weighted by Crippen LogP contribution is 2.24. The zero-order valence-corrected chi connectivity index (χ0v) is 12.6. The monoisotopic (exact) mass is 319 g/mol. The summed E-state index contributed by atoms with van der Waals surface area (Å²) in [6, 6.07) is -0.149. The molecule has 2 unspecified atom stereocenters. The van der Waals surface area contributed by atoms with Gasteiger partial charge in [-0.1, -0.05) is 5.16 Å². The second-order valence-electron chi connectivity index (χ2n) is 4.95. The molecule has 0 aliphatic carbocycles. The number of ether oxygens (including phenoxy) is 1. The summed E-state index contributed by atoms with van der Waals surface area (Å²) in [4.78, 5) is 4.32. The average Bonchev–Trinajstić information content (AvgIpc) is 2.87. The molecular formula is C11H17N3O4S2. The Kier molecular flexibility index (Phi) is 4.29. The third-order valence-electron chi connectivity index (χ3n) is 3.31. The molecule has 0 bridgehead atoms. The van der Waals surface area contributed by atoms with Gasteiger partial charge in [0.15, 0.2) is 9.84 Å². The highest BCUT2D eigenvalue weighted by Gasteiger charge is 2.27. The van der Waals surface area contributed by atoms with Crippen LogP contribution in [0.15, 0.2) is 4.52 Å². The SMILES string of the molecule is O=S1(=O)CCNC(Cc2nc(C3CSCCO3)no2)C1. The topological polar surface area (TPSA) is 94.3 Å². The molecule has 1 aromatic rings. The Balaban J connectivity index is 1.62. The summed E-state index contributed by atoms with van der Waals surface area (Å²) in [6.07, 6.45) is 0.320. The molecule has 3 heterocycles. The molecule has 2 fully saturated rings. The van der Waals surface area contributed by atoms with Crippen LogP contribution in [-0.4, -0.2) is 60.8 Å². The van der Waals surface area contributed by atoms with E-state index < -0.39 is 9.84 Å². The number of nitrogens with one attached hydrogen (secondary N) is 1. The first-order valence-corrected chi connectivity index (χ1v) is 9.56. The van der Waals surface area contributed by atoms with Gasteiger partial charge in [-0.3, -0.25) is 0 Å². The van der Waals surface area contributed by atoms with Gasteiger partial charge in [0.05, 0.1) is 18.1 Å². The van der Waals surface area contributed by atoms with Gasteiger partial charge in [0.1, 0.15) is 6.10 Å². The van der Waals surface area contributed by atoms with Crippen LogP contribution < -0.4 is 5.32 Å². The van der Waals surface area contributed by atoms with E-state index in [4.69, 9.17) is 9.26 Å². The molecule has 1 aromatic heterocycles. The standard InChI is InChI=1S/C11H17N3O4S2/c15-20(16)4-1-12-8(7-20)5-10-13-11(14-18-10)9-6-19-3-2-17-9/h8-9,12H,1-7H2. The highest BCUT2D eigenvalue weighted by molar-refractivity contribution is 7.99. The van der Waals surface area contributed by atoms with Crippen LogP contribution in [0.5, 0.6) is 0 Å². The molecule has 20 heavy (non-hydrogen) atoms. The van der Waals surface area contributed by atoms with E-state index in [1.54, 1.807) is 11.8 Å². The van der Waals surface area contributed by atoms with Gasteiger partial charge in [-0.2, -0.15) is 16.7 Å². The Morgan fingerprint density at radius 2 is 2.35 bits per heavy atom. The minimum Gasteiger partial charge on any atom is -0.368 e. The van der Waals surface area contributed by atoms with Crippen molar-refractivity contribution in [3.8, 4) is 0 Å². The van der Waals surface area contributed by atoms with Crippen LogP contribution in [0.1, 0.15) is 17.8 Å². The number of nitrogens with zero attached hydrogens (tertiary/aromatic N) is 2. The van der Waals surface area contributed by atoms with Crippen LogP contribution in [0.4, 0.5) is 0 Å². The van der Waals surface area contributed by atoms with Gasteiger partial charge in [-0.05, 0) is 0 Å². The fourth-order valence-electron chi connectivity index (χ4n) is 2.33. The molecule has 2 aliphatic heterocycles. The first-order chi connectivity index (χ1) is 9.62. The van der Waals surface area contributed by atoms with Gasteiger partial charge >= 0.3 is 0 Å². The fourth-order valence-corrected chi connectivity index (χ4v) is 4.61. The molecule has 0 radical (unpaired) electrons. The average molecular weight is 319 g/mol. The van der Waals surface area contributed by atoms with Crippen molar-refractivity contribution >= 4 is 21.6 Å². The van der Waals surface area contributed by atoms with Crippen LogP contribution in [0.2, 0.25) is 0 Å². The Hall–Kier alpha value is -0.640. The first-order valence-electron chi connectivity index (χ1n) is 6.58. The van der Waals surface area contributed by atoms with E-state index >= 15 is 0 Å². The van der Waals surface area contributed by atoms with Crippen LogP contribution >= 0.6 is 11.8 Å². The number of hydrogen-bond acceptors (Lipinski definition) is 8. The van der Waals surface area contributed by atoms with E-state index in [9.17, 15) is 8.42 Å². The molecule has 112 valence electrons. The van der Waals surface area contributed by atoms with Crippen LogP contribution in [-0.2, 0) is 21.0 Å². The Morgan fingerprint density at radius 3 is 3.10 bits per heavy atom. The summed E-state index contributed by atoms with van der Waals surface area (Å²) < 4.78 is 33.9. The summed E-state index contributed by atoms with van der Waals surface area (Å²) in [5.41, 5.74) is 0. The van der Waals surface area contributed by atoms with Crippen LogP contribution in [0.3, 0.4) is 0 Å². The smallest absolute Gasteiger partial charge is 0.228 e. The Labute approximate surface area is 121 Å². The molecular weight excluding hydrogens is 302 g/mol. The lowest BCUT2D eigenvalue weighted by molar-refractivity contribution is 0.0677. The maximum Gasteiger partial charge on any atom is 0.228 e. The van der Waals surface area contributed by atoms with Crippen molar-refractivity contribution in [3.05, 3.63) is 11.7 Å². The number of sulfone groups is 1. The summed E-state index contributed by atoms with van der Waals surface area (Å²) in [7, 11) is -2.95. The van der Waals surface area contributed by atoms with E-state index in [1.807, 2.05) is 0 Å². The lowest BCUT2D eigenvalue weighted by Gasteiger charge is -2.22. The summed E-state index contributed by atoms with van der Waals surface area (Å²) in [6.45, 7) is 1.18. The Morgan fingerprint density at radius 1 is 1.45 bits per heavy atom. The Bertz CT molecular complexity index is 554. The summed E-state index contributed by atoms with van der Waals surface area (Å²) >= 11 is 1.80. The minimum absolute atomic E-state index is 0.116. The number of hydrogen-bond donors (Lipinski definition) is 1. The molecule has 9 heteroatoms. The van der Waals surface area contributed by atoms with E-state index in [1.165, 1.54) is 0 Å². The largest absolute Gasteiger partial charge is 0.368 e. The second-order valence-corrected chi connectivity index (χ2v) is 8.33. The zero-order chi connectivity index (χ0) is 14.0. The maximum atomic E-state index is 11.6. The van der Waals surface area contributed by atoms with Crippen molar-refractivity contribution in [1.82, 2.24) is 15.5 Å². The quantitative estimate of drug-likeness (QED) is 0.819. The molecule has 2 aliphatic rings. The third-order valence-corrected chi connectivity index (χ3v) is 6.04. The second kappa shape index (κ2) is 6.00. The molecule has 3 rings (SSSR count). The van der Waals surface area contributed by atoms with E-state index in [2.05, 4.69) is 15.5 Å². The van der Waals surface area contributed by atoms with Crippen molar-refractivity contribution < 1.29 is 17.7 Å². The van der Waals surface area contributed by atoms with Gasteiger partial charge in [0, 0.05) is 30.5 Å². The van der Waals surface area contributed by atoms with E-state index in [0.717, 1.165) is 11.5 Å². The molecule has 0 amide bonds. The van der Waals surface area contributed by atoms with Crippen molar-refractivity contribution in [2.75, 3.05) is 36.2 Å². The van der Waals surface area contributed by atoms with Gasteiger partial charge in [0.25, 0.3) is 0 Å². The first kappa shape index (κ1) is 14.3. The van der Waals surface area contributed by atoms with Crippen molar-refractivity contribution in [1.29, 1.82) is 0 Å². The number of aromatic nitrogens is 2. The maximum absolute atomic E-state index is 11.6. The number of rotatable bonds is 3. The van der Waals surface area contributed by atoms with Crippen molar-refractivity contribution in [3.63, 3.8) is 0 Å². The molecule has 7 nitrogen and oxygen atoms in total. The predicted octanol–water partition coefficient (Wildman–Crippen LogP) is -0.197. The molecule has 0 spiro atoms. The van der Waals surface area contributed by atoms with Gasteiger partial charge in [0.2, 0.25) is 11.7 Å². The predicted molar refractivity (Wildman–Crippen MR) is 74.5 cm³/mol. The fraction of sp³-hybridized carbons (Fsp3) is 0.818. The molecule has 2 atom stereocenters. The van der Waals surface area contributed by atoms with Crippen LogP contribution in [0, 0.1) is 0 Å². The van der Waals surface area contributed by atoms with Crippen LogP contribution in [0.25, 0.3) is 0 Å². The normalized spacial score (nSPS) is 30.2. The molecule has 1 N–H and O–H groups in total. The van der Waals surface area contributed by atoms with E-state index in [0.29, 0.717) is 31.3 Å². The lowest BCUT2D eigenvalue weighted by Crippen LogP contribution is -2.46. The van der Waals surface area contributed by atoms with Gasteiger partial charge < -0.3 is 14.6 Å². The third kappa shape index (κ3) is 3.51. The molecule has 2 saturated heterocycles. The molecule has 0 saturated carbocycles. The van der Waals surface area contributed by atoms with Crippen molar-refractivity contribution in [2.45, 2.75) is 18.6 Å². The summed E-state index contributed by atoms with van der Waals surface area (Å²) in [5.74, 6) is 3.17. The molecule has 0 aromatic carbocycles. The van der Waals surface area contributed by atoms with Gasteiger partial charge in [-0.25, -0.2) is 8.42 Å². The zero-order valence-electron chi connectivity index (χ0n) is 10.9. The highest BCUT2D eigenvalue weighted by atomic mass is 32.2. The van der Waals surface area contributed by atoms with E-state index in [-0.39, 0.29) is 23.7 Å². The number of thioether (sulfide) groups is 1.